The molecule has 90 valence electrons. The SMILES string of the molecule is CCC1CC(NCC(C)(O)CO)CCO1. The molecule has 0 aromatic carbocycles. The van der Waals surface area contributed by atoms with Crippen molar-refractivity contribution in [2.45, 2.75) is 50.9 Å². The Hall–Kier alpha value is -0.160. The number of hydrogen-bond acceptors (Lipinski definition) is 4. The van der Waals surface area contributed by atoms with Gasteiger partial charge < -0.3 is 20.3 Å². The monoisotopic (exact) mass is 217 g/mol. The average molecular weight is 217 g/mol. The predicted molar refractivity (Wildman–Crippen MR) is 58.8 cm³/mol. The normalized spacial score (nSPS) is 31.2. The van der Waals surface area contributed by atoms with E-state index in [9.17, 15) is 5.11 Å². The third-order valence-electron chi connectivity index (χ3n) is 2.93. The fourth-order valence-corrected chi connectivity index (χ4v) is 1.77. The maximum absolute atomic E-state index is 9.63. The van der Waals surface area contributed by atoms with Crippen LogP contribution in [0.4, 0.5) is 0 Å². The summed E-state index contributed by atoms with van der Waals surface area (Å²) in [4.78, 5) is 0. The zero-order chi connectivity index (χ0) is 11.3. The fourth-order valence-electron chi connectivity index (χ4n) is 1.77. The molecule has 4 heteroatoms. The van der Waals surface area contributed by atoms with Crippen molar-refractivity contribution in [1.29, 1.82) is 0 Å². The van der Waals surface area contributed by atoms with E-state index in [-0.39, 0.29) is 6.61 Å². The summed E-state index contributed by atoms with van der Waals surface area (Å²) in [5, 5.41) is 21.8. The lowest BCUT2D eigenvalue weighted by Crippen LogP contribution is -2.47. The zero-order valence-electron chi connectivity index (χ0n) is 9.70. The van der Waals surface area contributed by atoms with Crippen LogP contribution in [0.25, 0.3) is 0 Å². The Labute approximate surface area is 91.6 Å². The van der Waals surface area contributed by atoms with Gasteiger partial charge in [0.1, 0.15) is 0 Å². The van der Waals surface area contributed by atoms with Gasteiger partial charge in [0.05, 0.1) is 18.3 Å². The molecule has 0 radical (unpaired) electrons. The molecule has 3 unspecified atom stereocenters. The molecule has 1 rings (SSSR count). The fraction of sp³-hybridized carbons (Fsp3) is 1.00. The number of nitrogens with one attached hydrogen (secondary N) is 1. The molecular formula is C11H23NO3. The van der Waals surface area contributed by atoms with E-state index in [1.54, 1.807) is 6.92 Å². The molecule has 4 nitrogen and oxygen atoms in total. The molecule has 3 atom stereocenters. The molecule has 3 N–H and O–H groups in total. The highest BCUT2D eigenvalue weighted by atomic mass is 16.5. The summed E-state index contributed by atoms with van der Waals surface area (Å²) in [7, 11) is 0. The first kappa shape index (κ1) is 12.9. The van der Waals surface area contributed by atoms with Gasteiger partial charge in [-0.1, -0.05) is 6.92 Å². The smallest absolute Gasteiger partial charge is 0.0972 e. The minimum atomic E-state index is -1.01. The summed E-state index contributed by atoms with van der Waals surface area (Å²) in [5.41, 5.74) is -1.01. The zero-order valence-corrected chi connectivity index (χ0v) is 9.70. The van der Waals surface area contributed by atoms with Gasteiger partial charge in [0.25, 0.3) is 0 Å². The first-order valence-corrected chi connectivity index (χ1v) is 5.75. The highest BCUT2D eigenvalue weighted by Gasteiger charge is 2.24. The first-order valence-electron chi connectivity index (χ1n) is 5.75. The van der Waals surface area contributed by atoms with E-state index in [4.69, 9.17) is 9.84 Å². The molecule has 1 saturated heterocycles. The van der Waals surface area contributed by atoms with Gasteiger partial charge in [0.2, 0.25) is 0 Å². The van der Waals surface area contributed by atoms with Crippen molar-refractivity contribution in [2.75, 3.05) is 19.8 Å². The molecule has 15 heavy (non-hydrogen) atoms. The van der Waals surface area contributed by atoms with Gasteiger partial charge in [-0.3, -0.25) is 0 Å². The van der Waals surface area contributed by atoms with Crippen molar-refractivity contribution in [3.63, 3.8) is 0 Å². The molecule has 0 amide bonds. The molecule has 1 heterocycles. The lowest BCUT2D eigenvalue weighted by atomic mass is 10.00. The van der Waals surface area contributed by atoms with Gasteiger partial charge in [-0.25, -0.2) is 0 Å². The van der Waals surface area contributed by atoms with Crippen LogP contribution in [0.5, 0.6) is 0 Å². The quantitative estimate of drug-likeness (QED) is 0.619. The maximum atomic E-state index is 9.63. The summed E-state index contributed by atoms with van der Waals surface area (Å²) in [5.74, 6) is 0. The van der Waals surface area contributed by atoms with Crippen molar-refractivity contribution in [1.82, 2.24) is 5.32 Å². The number of aliphatic hydroxyl groups is 2. The van der Waals surface area contributed by atoms with E-state index in [0.29, 0.717) is 18.7 Å². The molecule has 0 aliphatic carbocycles. The van der Waals surface area contributed by atoms with Crippen LogP contribution in [0, 0.1) is 0 Å². The van der Waals surface area contributed by atoms with E-state index >= 15 is 0 Å². The lowest BCUT2D eigenvalue weighted by Gasteiger charge is -2.32. The van der Waals surface area contributed by atoms with E-state index in [1.165, 1.54) is 0 Å². The number of hydrogen-bond donors (Lipinski definition) is 3. The predicted octanol–water partition coefficient (Wildman–Crippen LogP) is 0.277. The minimum absolute atomic E-state index is 0.208. The van der Waals surface area contributed by atoms with Crippen LogP contribution in [0.1, 0.15) is 33.1 Å². The second kappa shape index (κ2) is 5.80. The van der Waals surface area contributed by atoms with Gasteiger partial charge in [-0.05, 0) is 26.2 Å². The van der Waals surface area contributed by atoms with Gasteiger partial charge in [-0.15, -0.1) is 0 Å². The largest absolute Gasteiger partial charge is 0.393 e. The molecule has 0 aromatic heterocycles. The maximum Gasteiger partial charge on any atom is 0.0972 e. The third-order valence-corrected chi connectivity index (χ3v) is 2.93. The molecule has 0 spiro atoms. The van der Waals surface area contributed by atoms with Crippen LogP contribution in [0.2, 0.25) is 0 Å². The Morgan fingerprint density at radius 1 is 1.53 bits per heavy atom. The highest BCUT2D eigenvalue weighted by Crippen LogP contribution is 2.16. The van der Waals surface area contributed by atoms with Crippen LogP contribution in [-0.4, -0.2) is 47.7 Å². The van der Waals surface area contributed by atoms with Crippen molar-refractivity contribution < 1.29 is 14.9 Å². The Morgan fingerprint density at radius 2 is 2.27 bits per heavy atom. The van der Waals surface area contributed by atoms with Crippen LogP contribution < -0.4 is 5.32 Å². The minimum Gasteiger partial charge on any atom is -0.393 e. The van der Waals surface area contributed by atoms with Gasteiger partial charge in [0.15, 0.2) is 0 Å². The van der Waals surface area contributed by atoms with Gasteiger partial charge in [0, 0.05) is 19.2 Å². The average Bonchev–Trinajstić information content (AvgIpc) is 2.27. The van der Waals surface area contributed by atoms with E-state index in [0.717, 1.165) is 25.9 Å². The van der Waals surface area contributed by atoms with E-state index in [2.05, 4.69) is 12.2 Å². The van der Waals surface area contributed by atoms with Crippen molar-refractivity contribution in [3.8, 4) is 0 Å². The summed E-state index contributed by atoms with van der Waals surface area (Å²) in [6.45, 7) is 4.77. The lowest BCUT2D eigenvalue weighted by molar-refractivity contribution is -0.0199. The summed E-state index contributed by atoms with van der Waals surface area (Å²) in [6, 6.07) is 0.404. The summed E-state index contributed by atoms with van der Waals surface area (Å²) in [6.07, 6.45) is 3.36. The van der Waals surface area contributed by atoms with Crippen LogP contribution >= 0.6 is 0 Å². The van der Waals surface area contributed by atoms with E-state index < -0.39 is 5.60 Å². The van der Waals surface area contributed by atoms with Crippen molar-refractivity contribution in [2.24, 2.45) is 0 Å². The van der Waals surface area contributed by atoms with Crippen LogP contribution in [0.15, 0.2) is 0 Å². The Bertz CT molecular complexity index is 185. The van der Waals surface area contributed by atoms with Crippen LogP contribution in [-0.2, 0) is 4.74 Å². The second-order valence-electron chi connectivity index (χ2n) is 4.66. The Morgan fingerprint density at radius 3 is 2.87 bits per heavy atom. The van der Waals surface area contributed by atoms with Crippen LogP contribution in [0.3, 0.4) is 0 Å². The first-order chi connectivity index (χ1) is 7.07. The highest BCUT2D eigenvalue weighted by molar-refractivity contribution is 4.81. The number of ether oxygens (including phenoxy) is 1. The molecule has 0 saturated carbocycles. The number of rotatable bonds is 5. The van der Waals surface area contributed by atoms with Gasteiger partial charge >= 0.3 is 0 Å². The van der Waals surface area contributed by atoms with Crippen molar-refractivity contribution >= 4 is 0 Å². The molecule has 1 aliphatic heterocycles. The third kappa shape index (κ3) is 4.47. The standard InChI is InChI=1S/C11H23NO3/c1-3-10-6-9(4-5-15-10)12-7-11(2,14)8-13/h9-10,12-14H,3-8H2,1-2H3. The summed E-state index contributed by atoms with van der Waals surface area (Å²) >= 11 is 0. The Balaban J connectivity index is 2.26. The molecule has 1 fully saturated rings. The van der Waals surface area contributed by atoms with Crippen molar-refractivity contribution in [3.05, 3.63) is 0 Å². The molecule has 1 aliphatic rings. The van der Waals surface area contributed by atoms with E-state index in [1.807, 2.05) is 0 Å². The molecular weight excluding hydrogens is 194 g/mol. The van der Waals surface area contributed by atoms with Gasteiger partial charge in [-0.2, -0.15) is 0 Å². The topological polar surface area (TPSA) is 61.7 Å². The molecule has 0 aromatic rings. The Kier molecular flexibility index (Phi) is 4.99. The number of aliphatic hydroxyl groups excluding tert-OH is 1. The molecule has 0 bridgehead atoms. The second-order valence-corrected chi connectivity index (χ2v) is 4.66. The summed E-state index contributed by atoms with van der Waals surface area (Å²) < 4.78 is 5.56.